The van der Waals surface area contributed by atoms with E-state index < -0.39 is 5.82 Å². The molecule has 1 saturated heterocycles. The quantitative estimate of drug-likeness (QED) is 0.806. The van der Waals surface area contributed by atoms with Crippen LogP contribution in [0.4, 0.5) is 4.39 Å². The van der Waals surface area contributed by atoms with Gasteiger partial charge in [0.05, 0.1) is 12.2 Å². The first kappa shape index (κ1) is 19.1. The van der Waals surface area contributed by atoms with E-state index in [9.17, 15) is 14.3 Å². The molecule has 1 N–H and O–H groups in total. The summed E-state index contributed by atoms with van der Waals surface area (Å²) in [5.41, 5.74) is 0.0180. The Morgan fingerprint density at radius 1 is 1.46 bits per heavy atom. The van der Waals surface area contributed by atoms with Gasteiger partial charge in [0, 0.05) is 50.8 Å². The summed E-state index contributed by atoms with van der Waals surface area (Å²) in [5, 5.41) is 9.87. The number of aliphatic hydroxyl groups excluding tert-OH is 1. The van der Waals surface area contributed by atoms with Gasteiger partial charge in [0.15, 0.2) is 0 Å². The van der Waals surface area contributed by atoms with Gasteiger partial charge in [-0.1, -0.05) is 11.6 Å². The first-order valence-corrected chi connectivity index (χ1v) is 8.36. The fraction of sp³-hybridized carbons (Fsp3) is 0.588. The molecular formula is C17H24ClFN2O3. The molecule has 0 saturated carbocycles. The number of ether oxygens (including phenoxy) is 1. The van der Waals surface area contributed by atoms with E-state index in [0.717, 1.165) is 19.2 Å². The van der Waals surface area contributed by atoms with Gasteiger partial charge in [-0.25, -0.2) is 4.39 Å². The van der Waals surface area contributed by atoms with E-state index in [-0.39, 0.29) is 34.9 Å². The van der Waals surface area contributed by atoms with Crippen LogP contribution >= 0.6 is 11.6 Å². The molecule has 2 atom stereocenters. The number of amides is 1. The molecule has 1 aromatic carbocycles. The van der Waals surface area contributed by atoms with Crippen molar-refractivity contribution < 1.29 is 19.0 Å². The molecule has 1 heterocycles. The van der Waals surface area contributed by atoms with Crippen LogP contribution < -0.4 is 0 Å². The minimum atomic E-state index is -0.617. The number of benzene rings is 1. The minimum Gasteiger partial charge on any atom is -0.396 e. The molecule has 5 nitrogen and oxygen atoms in total. The monoisotopic (exact) mass is 358 g/mol. The van der Waals surface area contributed by atoms with Crippen LogP contribution in [-0.2, 0) is 4.74 Å². The zero-order chi connectivity index (χ0) is 17.7. The predicted octanol–water partition coefficient (Wildman–Crippen LogP) is 1.74. The molecule has 0 unspecified atom stereocenters. The smallest absolute Gasteiger partial charge is 0.256 e. The Balaban J connectivity index is 2.03. The molecule has 0 aromatic heterocycles. The number of carbonyl (C=O) groups is 1. The highest BCUT2D eigenvalue weighted by atomic mass is 35.5. The third-order valence-corrected chi connectivity index (χ3v) is 4.72. The highest BCUT2D eigenvalue weighted by Gasteiger charge is 2.36. The summed E-state index contributed by atoms with van der Waals surface area (Å²) < 4.78 is 19.0. The zero-order valence-electron chi connectivity index (χ0n) is 14.0. The predicted molar refractivity (Wildman–Crippen MR) is 90.8 cm³/mol. The van der Waals surface area contributed by atoms with E-state index in [2.05, 4.69) is 4.90 Å². The standard InChI is InChI=1S/C17H24ClFN2O3/c1-20(5-6-24-2)8-12-9-21(10-13(12)11-22)17(23)15-4-3-14(18)7-16(15)19/h3-4,7,12-13,22H,5-6,8-11H2,1-2H3/t12-,13-/m1/s1. The summed E-state index contributed by atoms with van der Waals surface area (Å²) >= 11 is 5.74. The van der Waals surface area contributed by atoms with E-state index in [0.29, 0.717) is 19.7 Å². The summed E-state index contributed by atoms with van der Waals surface area (Å²) in [7, 11) is 3.64. The van der Waals surface area contributed by atoms with Gasteiger partial charge in [-0.3, -0.25) is 4.79 Å². The van der Waals surface area contributed by atoms with E-state index in [1.165, 1.54) is 12.1 Å². The lowest BCUT2D eigenvalue weighted by Gasteiger charge is -2.23. The lowest BCUT2D eigenvalue weighted by atomic mass is 9.96. The lowest BCUT2D eigenvalue weighted by molar-refractivity contribution is 0.0774. The number of carbonyl (C=O) groups excluding carboxylic acids is 1. The Morgan fingerprint density at radius 2 is 2.17 bits per heavy atom. The second-order valence-corrected chi connectivity index (χ2v) is 6.73. The van der Waals surface area contributed by atoms with Crippen molar-refractivity contribution in [1.82, 2.24) is 9.80 Å². The summed E-state index contributed by atoms with van der Waals surface area (Å²) in [6.45, 7) is 3.11. The van der Waals surface area contributed by atoms with Crippen molar-refractivity contribution in [1.29, 1.82) is 0 Å². The fourth-order valence-corrected chi connectivity index (χ4v) is 3.25. The van der Waals surface area contributed by atoms with E-state index in [1.54, 1.807) is 12.0 Å². The van der Waals surface area contributed by atoms with Crippen LogP contribution in [0.15, 0.2) is 18.2 Å². The molecule has 1 amide bonds. The van der Waals surface area contributed by atoms with Crippen molar-refractivity contribution >= 4 is 17.5 Å². The van der Waals surface area contributed by atoms with Crippen LogP contribution in [0.25, 0.3) is 0 Å². The van der Waals surface area contributed by atoms with Gasteiger partial charge in [0.1, 0.15) is 5.82 Å². The molecular weight excluding hydrogens is 335 g/mol. The van der Waals surface area contributed by atoms with Gasteiger partial charge < -0.3 is 19.6 Å². The number of aliphatic hydroxyl groups is 1. The number of halogens is 2. The maximum Gasteiger partial charge on any atom is 0.256 e. The van der Waals surface area contributed by atoms with Gasteiger partial charge in [-0.05, 0) is 31.2 Å². The van der Waals surface area contributed by atoms with Crippen LogP contribution in [0.5, 0.6) is 0 Å². The topological polar surface area (TPSA) is 53.0 Å². The Hall–Kier alpha value is -1.21. The third kappa shape index (κ3) is 4.66. The first-order chi connectivity index (χ1) is 11.5. The van der Waals surface area contributed by atoms with E-state index in [4.69, 9.17) is 16.3 Å². The maximum absolute atomic E-state index is 14.0. The number of rotatable bonds is 7. The summed E-state index contributed by atoms with van der Waals surface area (Å²) in [6, 6.07) is 4.06. The second-order valence-electron chi connectivity index (χ2n) is 6.29. The average molecular weight is 359 g/mol. The van der Waals surface area contributed by atoms with Crippen molar-refractivity contribution in [2.75, 3.05) is 53.6 Å². The molecule has 0 spiro atoms. The van der Waals surface area contributed by atoms with Gasteiger partial charge in [0.2, 0.25) is 0 Å². The molecule has 1 aliphatic rings. The summed E-state index contributed by atoms with van der Waals surface area (Å²) in [6.07, 6.45) is 0. The van der Waals surface area contributed by atoms with E-state index >= 15 is 0 Å². The second kappa shape index (κ2) is 8.76. The molecule has 0 bridgehead atoms. The first-order valence-electron chi connectivity index (χ1n) is 7.99. The molecule has 2 rings (SSSR count). The van der Waals surface area contributed by atoms with E-state index in [1.807, 2.05) is 7.05 Å². The van der Waals surface area contributed by atoms with Gasteiger partial charge in [-0.15, -0.1) is 0 Å². The number of nitrogens with zero attached hydrogens (tertiary/aromatic N) is 2. The fourth-order valence-electron chi connectivity index (χ4n) is 3.09. The van der Waals surface area contributed by atoms with Crippen LogP contribution in [0.1, 0.15) is 10.4 Å². The van der Waals surface area contributed by atoms with Crippen molar-refractivity contribution in [2.45, 2.75) is 0 Å². The number of likely N-dealkylation sites (N-methyl/N-ethyl adjacent to an activating group) is 1. The molecule has 0 radical (unpaired) electrons. The summed E-state index contributed by atoms with van der Waals surface area (Å²) in [5.74, 6) is -0.830. The Morgan fingerprint density at radius 3 is 2.79 bits per heavy atom. The number of likely N-dealkylation sites (tertiary alicyclic amines) is 1. The highest BCUT2D eigenvalue weighted by Crippen LogP contribution is 2.26. The molecule has 7 heteroatoms. The number of hydrogen-bond acceptors (Lipinski definition) is 4. The van der Waals surface area contributed by atoms with Crippen LogP contribution in [0.3, 0.4) is 0 Å². The zero-order valence-corrected chi connectivity index (χ0v) is 14.8. The third-order valence-electron chi connectivity index (χ3n) is 4.48. The van der Waals surface area contributed by atoms with Crippen LogP contribution in [0.2, 0.25) is 5.02 Å². The highest BCUT2D eigenvalue weighted by molar-refractivity contribution is 6.30. The van der Waals surface area contributed by atoms with Crippen LogP contribution in [0, 0.1) is 17.7 Å². The largest absolute Gasteiger partial charge is 0.396 e. The Kier molecular flexibility index (Phi) is 6.98. The SMILES string of the molecule is COCCN(C)C[C@@H]1CN(C(=O)c2ccc(Cl)cc2F)C[C@@H]1CO. The molecule has 134 valence electrons. The van der Waals surface area contributed by atoms with Crippen molar-refractivity contribution in [3.63, 3.8) is 0 Å². The number of methoxy groups -OCH3 is 1. The minimum absolute atomic E-state index is 0.00527. The van der Waals surface area contributed by atoms with Crippen molar-refractivity contribution in [3.05, 3.63) is 34.6 Å². The molecule has 0 aliphatic carbocycles. The molecule has 1 fully saturated rings. The Labute approximate surface area is 146 Å². The normalized spacial score (nSPS) is 20.8. The average Bonchev–Trinajstić information content (AvgIpc) is 2.95. The van der Waals surface area contributed by atoms with Crippen LogP contribution in [-0.4, -0.2) is 74.4 Å². The van der Waals surface area contributed by atoms with Gasteiger partial charge in [0.25, 0.3) is 5.91 Å². The van der Waals surface area contributed by atoms with Crippen molar-refractivity contribution in [3.8, 4) is 0 Å². The molecule has 24 heavy (non-hydrogen) atoms. The molecule has 1 aliphatic heterocycles. The number of hydrogen-bond donors (Lipinski definition) is 1. The van der Waals surface area contributed by atoms with Gasteiger partial charge in [-0.2, -0.15) is 0 Å². The van der Waals surface area contributed by atoms with Crippen molar-refractivity contribution in [2.24, 2.45) is 11.8 Å². The Bertz CT molecular complexity index is 573. The summed E-state index contributed by atoms with van der Waals surface area (Å²) in [4.78, 5) is 16.3. The molecule has 1 aromatic rings. The lowest BCUT2D eigenvalue weighted by Crippen LogP contribution is -2.34. The van der Waals surface area contributed by atoms with Gasteiger partial charge >= 0.3 is 0 Å². The maximum atomic E-state index is 14.0.